The van der Waals surface area contributed by atoms with E-state index < -0.39 is 16.6 Å². The predicted molar refractivity (Wildman–Crippen MR) is 77.2 cm³/mol. The van der Waals surface area contributed by atoms with Gasteiger partial charge in [-0.15, -0.1) is 0 Å². The summed E-state index contributed by atoms with van der Waals surface area (Å²) >= 11 is 0. The van der Waals surface area contributed by atoms with Crippen LogP contribution in [0.4, 0.5) is 15.8 Å². The molecule has 0 radical (unpaired) electrons. The molecule has 0 bridgehead atoms. The summed E-state index contributed by atoms with van der Waals surface area (Å²) in [5.74, 6) is -1.05. The van der Waals surface area contributed by atoms with Gasteiger partial charge in [-0.2, -0.15) is 0 Å². The molecule has 1 amide bonds. The number of non-ortho nitro benzene ring substituents is 1. The van der Waals surface area contributed by atoms with Crippen molar-refractivity contribution in [1.29, 1.82) is 0 Å². The Labute approximate surface area is 119 Å². The second-order valence-electron chi connectivity index (χ2n) is 4.15. The minimum atomic E-state index is -0.533. The van der Waals surface area contributed by atoms with E-state index >= 15 is 0 Å². The molecule has 0 aliphatic carbocycles. The average Bonchev–Trinajstić information content (AvgIpc) is 2.48. The quantitative estimate of drug-likeness (QED) is 0.532. The van der Waals surface area contributed by atoms with E-state index in [-0.39, 0.29) is 11.4 Å². The van der Waals surface area contributed by atoms with Crippen LogP contribution in [0.25, 0.3) is 6.08 Å². The highest BCUT2D eigenvalue weighted by molar-refractivity contribution is 6.02. The predicted octanol–water partition coefficient (Wildman–Crippen LogP) is 3.39. The van der Waals surface area contributed by atoms with Gasteiger partial charge in [-0.25, -0.2) is 4.39 Å². The molecule has 0 aliphatic rings. The third-order valence-electron chi connectivity index (χ3n) is 2.64. The van der Waals surface area contributed by atoms with E-state index in [1.54, 1.807) is 12.1 Å². The van der Waals surface area contributed by atoms with Crippen molar-refractivity contribution in [1.82, 2.24) is 0 Å². The normalized spacial score (nSPS) is 10.5. The number of hydrogen-bond donors (Lipinski definition) is 1. The minimum absolute atomic E-state index is 0.0633. The number of nitrogens with zero attached hydrogens (tertiary/aromatic N) is 1. The number of benzene rings is 2. The van der Waals surface area contributed by atoms with E-state index in [9.17, 15) is 19.3 Å². The molecule has 0 saturated carbocycles. The first-order chi connectivity index (χ1) is 10.1. The van der Waals surface area contributed by atoms with Gasteiger partial charge in [-0.3, -0.25) is 14.9 Å². The van der Waals surface area contributed by atoms with E-state index in [0.29, 0.717) is 5.56 Å². The van der Waals surface area contributed by atoms with Crippen molar-refractivity contribution >= 4 is 23.4 Å². The van der Waals surface area contributed by atoms with Gasteiger partial charge in [0.1, 0.15) is 5.82 Å². The molecule has 0 unspecified atom stereocenters. The zero-order chi connectivity index (χ0) is 15.2. The van der Waals surface area contributed by atoms with Gasteiger partial charge in [0.05, 0.1) is 10.6 Å². The molecule has 0 fully saturated rings. The summed E-state index contributed by atoms with van der Waals surface area (Å²) in [4.78, 5) is 21.8. The van der Waals surface area contributed by atoms with Gasteiger partial charge >= 0.3 is 0 Å². The Kier molecular flexibility index (Phi) is 4.40. The van der Waals surface area contributed by atoms with Gasteiger partial charge < -0.3 is 5.32 Å². The lowest BCUT2D eigenvalue weighted by molar-refractivity contribution is -0.384. The van der Waals surface area contributed by atoms with Gasteiger partial charge in [0.2, 0.25) is 5.91 Å². The average molecular weight is 286 g/mol. The van der Waals surface area contributed by atoms with Gasteiger partial charge in [-0.1, -0.05) is 24.3 Å². The number of rotatable bonds is 4. The van der Waals surface area contributed by atoms with Crippen molar-refractivity contribution in [3.8, 4) is 0 Å². The summed E-state index contributed by atoms with van der Waals surface area (Å²) in [5.41, 5.74) is 0.519. The molecule has 2 aromatic rings. The van der Waals surface area contributed by atoms with Crippen LogP contribution < -0.4 is 5.32 Å². The Hall–Kier alpha value is -3.02. The first kappa shape index (κ1) is 14.4. The molecule has 6 heteroatoms. The van der Waals surface area contributed by atoms with Crippen LogP contribution in [0.1, 0.15) is 5.56 Å². The topological polar surface area (TPSA) is 72.2 Å². The number of halogens is 1. The van der Waals surface area contributed by atoms with Crippen LogP contribution in [0.2, 0.25) is 0 Å². The number of carbonyl (C=O) groups excluding carboxylic acids is 1. The number of nitrogens with one attached hydrogen (secondary N) is 1. The second-order valence-corrected chi connectivity index (χ2v) is 4.15. The van der Waals surface area contributed by atoms with Crippen LogP contribution in [0.15, 0.2) is 54.6 Å². The van der Waals surface area contributed by atoms with E-state index in [2.05, 4.69) is 5.32 Å². The molecule has 2 aromatic carbocycles. The summed E-state index contributed by atoms with van der Waals surface area (Å²) in [5, 5.41) is 13.0. The molecule has 0 aromatic heterocycles. The zero-order valence-corrected chi connectivity index (χ0v) is 10.8. The highest BCUT2D eigenvalue weighted by atomic mass is 19.1. The third-order valence-corrected chi connectivity index (χ3v) is 2.64. The SMILES string of the molecule is O=C(/C=C/c1cccc([N+](=O)[O-])c1)Nc1ccccc1F. The molecular weight excluding hydrogens is 275 g/mol. The Morgan fingerprint density at radius 2 is 1.95 bits per heavy atom. The fraction of sp³-hybridized carbons (Fsp3) is 0. The van der Waals surface area contributed by atoms with Crippen LogP contribution in [-0.4, -0.2) is 10.8 Å². The zero-order valence-electron chi connectivity index (χ0n) is 10.8. The Morgan fingerprint density at radius 1 is 1.19 bits per heavy atom. The summed E-state index contributed by atoms with van der Waals surface area (Å²) < 4.78 is 13.3. The van der Waals surface area contributed by atoms with Gasteiger partial charge in [0.25, 0.3) is 5.69 Å². The van der Waals surface area contributed by atoms with Gasteiger partial charge in [0, 0.05) is 18.2 Å². The largest absolute Gasteiger partial charge is 0.320 e. The van der Waals surface area contributed by atoms with E-state index in [0.717, 1.165) is 0 Å². The van der Waals surface area contributed by atoms with E-state index in [1.165, 1.54) is 48.6 Å². The van der Waals surface area contributed by atoms with Crippen molar-refractivity contribution in [2.45, 2.75) is 0 Å². The number of hydrogen-bond acceptors (Lipinski definition) is 3. The monoisotopic (exact) mass is 286 g/mol. The van der Waals surface area contributed by atoms with Crippen molar-refractivity contribution < 1.29 is 14.1 Å². The van der Waals surface area contributed by atoms with Crippen LogP contribution in [0.3, 0.4) is 0 Å². The standard InChI is InChI=1S/C15H11FN2O3/c16-13-6-1-2-7-14(13)17-15(19)9-8-11-4-3-5-12(10-11)18(20)21/h1-10H,(H,17,19)/b9-8+. The fourth-order valence-electron chi connectivity index (χ4n) is 1.65. The number of anilines is 1. The second kappa shape index (κ2) is 6.42. The van der Waals surface area contributed by atoms with E-state index in [1.807, 2.05) is 0 Å². The smallest absolute Gasteiger partial charge is 0.270 e. The van der Waals surface area contributed by atoms with Gasteiger partial charge in [0.15, 0.2) is 0 Å². The van der Waals surface area contributed by atoms with Crippen LogP contribution >= 0.6 is 0 Å². The van der Waals surface area contributed by atoms with Crippen LogP contribution in [0.5, 0.6) is 0 Å². The lowest BCUT2D eigenvalue weighted by atomic mass is 10.2. The lowest BCUT2D eigenvalue weighted by Crippen LogP contribution is -2.08. The molecule has 21 heavy (non-hydrogen) atoms. The molecule has 0 spiro atoms. The first-order valence-electron chi connectivity index (χ1n) is 6.04. The Morgan fingerprint density at radius 3 is 2.67 bits per heavy atom. The van der Waals surface area contributed by atoms with Crippen molar-refractivity contribution in [3.05, 3.63) is 76.1 Å². The number of para-hydroxylation sites is 1. The van der Waals surface area contributed by atoms with Crippen molar-refractivity contribution in [2.24, 2.45) is 0 Å². The van der Waals surface area contributed by atoms with E-state index in [4.69, 9.17) is 0 Å². The maximum atomic E-state index is 13.3. The fourth-order valence-corrected chi connectivity index (χ4v) is 1.65. The Balaban J connectivity index is 2.07. The summed E-state index contributed by atoms with van der Waals surface area (Å²) in [7, 11) is 0. The number of nitro groups is 1. The first-order valence-corrected chi connectivity index (χ1v) is 6.04. The molecule has 1 N–H and O–H groups in total. The summed E-state index contributed by atoms with van der Waals surface area (Å²) in [6.45, 7) is 0. The van der Waals surface area contributed by atoms with Crippen LogP contribution in [-0.2, 0) is 4.79 Å². The van der Waals surface area contributed by atoms with Crippen LogP contribution in [0, 0.1) is 15.9 Å². The molecule has 0 heterocycles. The maximum Gasteiger partial charge on any atom is 0.270 e. The van der Waals surface area contributed by atoms with Crippen molar-refractivity contribution in [3.63, 3.8) is 0 Å². The molecule has 2 rings (SSSR count). The molecule has 0 aliphatic heterocycles. The number of nitro benzene ring substituents is 1. The maximum absolute atomic E-state index is 13.3. The minimum Gasteiger partial charge on any atom is -0.320 e. The van der Waals surface area contributed by atoms with Gasteiger partial charge in [-0.05, 0) is 23.8 Å². The lowest BCUT2D eigenvalue weighted by Gasteiger charge is -2.02. The Bertz CT molecular complexity index is 714. The summed E-state index contributed by atoms with van der Waals surface area (Å²) in [6.07, 6.45) is 2.61. The molecule has 5 nitrogen and oxygen atoms in total. The third kappa shape index (κ3) is 3.97. The summed E-state index contributed by atoms with van der Waals surface area (Å²) in [6, 6.07) is 11.6. The number of carbonyl (C=O) groups is 1. The molecule has 0 saturated heterocycles. The number of amides is 1. The van der Waals surface area contributed by atoms with Crippen molar-refractivity contribution in [2.75, 3.05) is 5.32 Å². The molecule has 106 valence electrons. The highest BCUT2D eigenvalue weighted by Gasteiger charge is 2.05. The highest BCUT2D eigenvalue weighted by Crippen LogP contribution is 2.15. The molecular formula is C15H11FN2O3. The molecule has 0 atom stereocenters.